The lowest BCUT2D eigenvalue weighted by atomic mass is 9.82. The summed E-state index contributed by atoms with van der Waals surface area (Å²) in [4.78, 5) is 14.1. The largest absolute Gasteiger partial charge is 0.336 e. The van der Waals surface area contributed by atoms with Crippen LogP contribution in [0.3, 0.4) is 0 Å². The van der Waals surface area contributed by atoms with E-state index in [-0.39, 0.29) is 35.9 Å². The first-order chi connectivity index (χ1) is 13.0. The van der Waals surface area contributed by atoms with E-state index in [1.165, 1.54) is 0 Å². The van der Waals surface area contributed by atoms with Gasteiger partial charge in [-0.3, -0.25) is 4.79 Å². The first-order valence-electron chi connectivity index (χ1n) is 9.02. The summed E-state index contributed by atoms with van der Waals surface area (Å²) in [7, 11) is -3.95. The van der Waals surface area contributed by atoms with Crippen LogP contribution < -0.4 is 15.6 Å². The van der Waals surface area contributed by atoms with Gasteiger partial charge in [-0.25, -0.2) is 18.3 Å². The van der Waals surface area contributed by atoms with E-state index in [1.54, 1.807) is 4.90 Å². The van der Waals surface area contributed by atoms with E-state index in [1.807, 2.05) is 4.72 Å². The number of piperidine rings is 1. The van der Waals surface area contributed by atoms with Gasteiger partial charge in [0.15, 0.2) is 11.6 Å². The van der Waals surface area contributed by atoms with Crippen molar-refractivity contribution in [3.63, 3.8) is 0 Å². The standard InChI is InChI=1S/C17H23F3N4O3S/c18-13-7-15(20)14(19)5-9(13)6-16(21)10-3-11-1-2-12(4-10)24(11)17(25)8-23-28(22,26)27/h5,7,10-12,16,23H,1-4,6,8,21H2,(H2,22,26,27)/t10?,11?,12?,16-/m1/s1. The average molecular weight is 420 g/mol. The number of carbonyl (C=O) groups excluding carboxylic acids is 1. The van der Waals surface area contributed by atoms with Crippen molar-refractivity contribution in [3.05, 3.63) is 35.1 Å². The highest BCUT2D eigenvalue weighted by atomic mass is 32.2. The minimum Gasteiger partial charge on any atom is -0.336 e. The summed E-state index contributed by atoms with van der Waals surface area (Å²) in [5.41, 5.74) is 6.26. The second-order valence-corrected chi connectivity index (χ2v) is 8.89. The highest BCUT2D eigenvalue weighted by Crippen LogP contribution is 2.40. The molecular weight excluding hydrogens is 397 g/mol. The zero-order chi connectivity index (χ0) is 20.6. The third-order valence-electron chi connectivity index (χ3n) is 5.63. The van der Waals surface area contributed by atoms with Crippen LogP contribution in [-0.2, 0) is 21.4 Å². The van der Waals surface area contributed by atoms with Crippen molar-refractivity contribution in [1.82, 2.24) is 9.62 Å². The van der Waals surface area contributed by atoms with Gasteiger partial charge in [-0.05, 0) is 49.7 Å². The van der Waals surface area contributed by atoms with Crippen molar-refractivity contribution in [3.8, 4) is 0 Å². The molecule has 0 saturated carbocycles. The van der Waals surface area contributed by atoms with Gasteiger partial charge < -0.3 is 10.6 Å². The Labute approximate surface area is 161 Å². The maximum absolute atomic E-state index is 13.9. The fourth-order valence-corrected chi connectivity index (χ4v) is 4.69. The van der Waals surface area contributed by atoms with Crippen LogP contribution in [0.25, 0.3) is 0 Å². The number of hydrogen-bond acceptors (Lipinski definition) is 4. The van der Waals surface area contributed by atoms with E-state index < -0.39 is 40.2 Å². The van der Waals surface area contributed by atoms with Crippen molar-refractivity contribution < 1.29 is 26.4 Å². The van der Waals surface area contributed by atoms with Gasteiger partial charge in [0, 0.05) is 24.2 Å². The van der Waals surface area contributed by atoms with Crippen LogP contribution in [0.1, 0.15) is 31.2 Å². The van der Waals surface area contributed by atoms with Gasteiger partial charge >= 0.3 is 0 Å². The predicted molar refractivity (Wildman–Crippen MR) is 95.5 cm³/mol. The van der Waals surface area contributed by atoms with Crippen molar-refractivity contribution in [2.75, 3.05) is 6.54 Å². The Morgan fingerprint density at radius 1 is 1.14 bits per heavy atom. The summed E-state index contributed by atoms with van der Waals surface area (Å²) in [6, 6.07) is 0.707. The van der Waals surface area contributed by atoms with Gasteiger partial charge in [0.05, 0.1) is 6.54 Å². The molecule has 2 fully saturated rings. The van der Waals surface area contributed by atoms with E-state index in [2.05, 4.69) is 0 Å². The molecule has 0 spiro atoms. The molecule has 7 nitrogen and oxygen atoms in total. The zero-order valence-electron chi connectivity index (χ0n) is 15.1. The molecule has 3 atom stereocenters. The van der Waals surface area contributed by atoms with Gasteiger partial charge in [-0.1, -0.05) is 0 Å². The number of carbonyl (C=O) groups is 1. The number of benzene rings is 1. The third-order valence-corrected chi connectivity index (χ3v) is 6.18. The van der Waals surface area contributed by atoms with E-state index in [0.29, 0.717) is 18.9 Å². The molecule has 2 aliphatic rings. The molecule has 156 valence electrons. The van der Waals surface area contributed by atoms with Crippen LogP contribution in [-0.4, -0.2) is 43.9 Å². The van der Waals surface area contributed by atoms with E-state index in [0.717, 1.165) is 18.9 Å². The lowest BCUT2D eigenvalue weighted by Crippen LogP contribution is -2.53. The lowest BCUT2D eigenvalue weighted by Gasteiger charge is -2.41. The summed E-state index contributed by atoms with van der Waals surface area (Å²) in [5.74, 6) is -3.56. The van der Waals surface area contributed by atoms with Gasteiger partial charge in [-0.2, -0.15) is 13.1 Å². The lowest BCUT2D eigenvalue weighted by molar-refractivity contribution is -0.135. The van der Waals surface area contributed by atoms with Crippen molar-refractivity contribution >= 4 is 16.1 Å². The number of nitrogens with two attached hydrogens (primary N) is 2. The molecule has 2 saturated heterocycles. The van der Waals surface area contributed by atoms with Crippen LogP contribution >= 0.6 is 0 Å². The van der Waals surface area contributed by atoms with Crippen molar-refractivity contribution in [2.45, 2.75) is 50.2 Å². The van der Waals surface area contributed by atoms with Gasteiger partial charge in [0.2, 0.25) is 5.91 Å². The number of rotatable bonds is 6. The maximum Gasteiger partial charge on any atom is 0.274 e. The van der Waals surface area contributed by atoms with Crippen molar-refractivity contribution in [1.29, 1.82) is 0 Å². The Hall–Kier alpha value is -1.69. The number of hydrogen-bond donors (Lipinski definition) is 3. The van der Waals surface area contributed by atoms with Gasteiger partial charge in [0.1, 0.15) is 5.82 Å². The number of fused-ring (bicyclic) bond motifs is 2. The monoisotopic (exact) mass is 420 g/mol. The molecule has 0 aliphatic carbocycles. The van der Waals surface area contributed by atoms with E-state index in [4.69, 9.17) is 10.9 Å². The molecule has 1 aromatic rings. The Kier molecular flexibility index (Phi) is 5.99. The third kappa shape index (κ3) is 4.65. The zero-order valence-corrected chi connectivity index (χ0v) is 15.9. The fourth-order valence-electron chi connectivity index (χ4n) is 4.37. The number of nitrogens with one attached hydrogen (secondary N) is 1. The molecule has 2 unspecified atom stereocenters. The molecule has 5 N–H and O–H groups in total. The molecule has 3 rings (SSSR count). The van der Waals surface area contributed by atoms with Crippen LogP contribution in [0.15, 0.2) is 12.1 Å². The van der Waals surface area contributed by atoms with E-state index >= 15 is 0 Å². The second kappa shape index (κ2) is 7.97. The van der Waals surface area contributed by atoms with Gasteiger partial charge in [-0.15, -0.1) is 0 Å². The quantitative estimate of drug-likeness (QED) is 0.582. The number of halogens is 3. The van der Waals surface area contributed by atoms with Crippen LogP contribution in [0.4, 0.5) is 13.2 Å². The van der Waals surface area contributed by atoms with Crippen LogP contribution in [0.5, 0.6) is 0 Å². The number of amides is 1. The smallest absolute Gasteiger partial charge is 0.274 e. The second-order valence-electron chi connectivity index (χ2n) is 7.51. The molecule has 2 bridgehead atoms. The summed E-state index contributed by atoms with van der Waals surface area (Å²) >= 11 is 0. The molecular formula is C17H23F3N4O3S. The molecule has 2 aliphatic heterocycles. The predicted octanol–water partition coefficient (Wildman–Crippen LogP) is 0.536. The Morgan fingerprint density at radius 3 is 2.29 bits per heavy atom. The molecule has 2 heterocycles. The topological polar surface area (TPSA) is 119 Å². The van der Waals surface area contributed by atoms with Crippen LogP contribution in [0, 0.1) is 23.4 Å². The summed E-state index contributed by atoms with van der Waals surface area (Å²) in [5, 5.41) is 4.86. The highest BCUT2D eigenvalue weighted by Gasteiger charge is 2.44. The molecule has 0 aromatic heterocycles. The molecule has 11 heteroatoms. The summed E-state index contributed by atoms with van der Waals surface area (Å²) in [6.07, 6.45) is 2.78. The maximum atomic E-state index is 13.9. The SMILES string of the molecule is N[C@H](Cc1cc(F)c(F)cc1F)C1CC2CCC(C1)N2C(=O)CNS(N)(=O)=O. The molecule has 0 radical (unpaired) electrons. The molecule has 28 heavy (non-hydrogen) atoms. The average Bonchev–Trinajstić information content (AvgIpc) is 2.86. The van der Waals surface area contributed by atoms with E-state index in [9.17, 15) is 26.4 Å². The fraction of sp³-hybridized carbons (Fsp3) is 0.588. The Morgan fingerprint density at radius 2 is 1.71 bits per heavy atom. The normalized spacial score (nSPS) is 25.8. The highest BCUT2D eigenvalue weighted by molar-refractivity contribution is 7.87. The minimum atomic E-state index is -3.95. The summed E-state index contributed by atoms with van der Waals surface area (Å²) < 4.78 is 64.3. The Balaban J connectivity index is 1.63. The molecule has 1 amide bonds. The first-order valence-corrected chi connectivity index (χ1v) is 10.6. The molecule has 1 aromatic carbocycles. The number of nitrogens with zero attached hydrogens (tertiary/aromatic N) is 1. The minimum absolute atomic E-state index is 0.0136. The van der Waals surface area contributed by atoms with Crippen LogP contribution in [0.2, 0.25) is 0 Å². The Bertz CT molecular complexity index is 853. The summed E-state index contributed by atoms with van der Waals surface area (Å²) in [6.45, 7) is -0.400. The first kappa shape index (κ1) is 21.0. The van der Waals surface area contributed by atoms with Gasteiger partial charge in [0.25, 0.3) is 10.2 Å². The van der Waals surface area contributed by atoms with Crippen molar-refractivity contribution in [2.24, 2.45) is 16.8 Å².